The molecule has 1 aromatic heterocycles. The molecule has 0 aliphatic rings. The van der Waals surface area contributed by atoms with Crippen LogP contribution in [-0.2, 0) is 6.42 Å². The first kappa shape index (κ1) is 14.5. The number of amides is 2. The zero-order valence-corrected chi connectivity index (χ0v) is 11.5. The Balaban J connectivity index is 2.00. The van der Waals surface area contributed by atoms with E-state index in [1.165, 1.54) is 24.0 Å². The maximum atomic E-state index is 11.8. The first-order valence-electron chi connectivity index (χ1n) is 6.43. The minimum absolute atomic E-state index is 0.0140. The van der Waals surface area contributed by atoms with Crippen LogP contribution in [0.25, 0.3) is 0 Å². The lowest BCUT2D eigenvalue weighted by Crippen LogP contribution is -2.19. The van der Waals surface area contributed by atoms with Gasteiger partial charge in [-0.15, -0.1) is 0 Å². The number of hydrogen-bond acceptors (Lipinski definition) is 3. The van der Waals surface area contributed by atoms with E-state index < -0.39 is 12.0 Å². The number of aromatic carboxylic acids is 1. The molecule has 6 heteroatoms. The molecule has 3 N–H and O–H groups in total. The number of pyridine rings is 1. The molecule has 108 valence electrons. The molecule has 0 aliphatic carbocycles. The van der Waals surface area contributed by atoms with Gasteiger partial charge >= 0.3 is 12.0 Å². The maximum Gasteiger partial charge on any atom is 0.337 e. The van der Waals surface area contributed by atoms with Gasteiger partial charge in [0.25, 0.3) is 0 Å². The number of carboxylic acids is 1. The number of aryl methyl sites for hydroxylation is 1. The van der Waals surface area contributed by atoms with Crippen molar-refractivity contribution < 1.29 is 14.7 Å². The molecule has 2 amide bonds. The van der Waals surface area contributed by atoms with E-state index in [2.05, 4.69) is 22.5 Å². The number of benzene rings is 1. The standard InChI is InChI=1S/C15H15N3O3/c1-2-10-3-5-12(6-4-10)17-15(21)18-13-7-11(14(19)20)8-16-9-13/h3-9H,2H2,1H3,(H,19,20)(H2,17,18,21). The lowest BCUT2D eigenvalue weighted by molar-refractivity contribution is 0.0696. The lowest BCUT2D eigenvalue weighted by Gasteiger charge is -2.08. The summed E-state index contributed by atoms with van der Waals surface area (Å²) in [5.41, 5.74) is 2.17. The van der Waals surface area contributed by atoms with E-state index in [-0.39, 0.29) is 5.56 Å². The van der Waals surface area contributed by atoms with Crippen LogP contribution in [0.4, 0.5) is 16.2 Å². The summed E-state index contributed by atoms with van der Waals surface area (Å²) in [4.78, 5) is 26.4. The molecule has 1 aromatic carbocycles. The number of urea groups is 1. The van der Waals surface area contributed by atoms with E-state index in [1.807, 2.05) is 24.3 Å². The highest BCUT2D eigenvalue weighted by Gasteiger charge is 2.07. The van der Waals surface area contributed by atoms with Crippen molar-refractivity contribution in [1.29, 1.82) is 0 Å². The second-order valence-electron chi connectivity index (χ2n) is 4.40. The zero-order chi connectivity index (χ0) is 15.2. The topological polar surface area (TPSA) is 91.3 Å². The fourth-order valence-corrected chi connectivity index (χ4v) is 1.74. The number of carboxylic acid groups (broad SMARTS) is 1. The van der Waals surface area contributed by atoms with Crippen LogP contribution in [0.1, 0.15) is 22.8 Å². The van der Waals surface area contributed by atoms with E-state index in [1.54, 1.807) is 0 Å². The molecule has 0 spiro atoms. The molecule has 0 radical (unpaired) electrons. The monoisotopic (exact) mass is 285 g/mol. The first-order valence-corrected chi connectivity index (χ1v) is 6.43. The van der Waals surface area contributed by atoms with Gasteiger partial charge in [-0.2, -0.15) is 0 Å². The molecule has 21 heavy (non-hydrogen) atoms. The molecule has 0 atom stereocenters. The number of aromatic nitrogens is 1. The highest BCUT2D eigenvalue weighted by Crippen LogP contribution is 2.12. The average molecular weight is 285 g/mol. The largest absolute Gasteiger partial charge is 0.478 e. The van der Waals surface area contributed by atoms with E-state index in [9.17, 15) is 9.59 Å². The van der Waals surface area contributed by atoms with Gasteiger partial charge < -0.3 is 15.7 Å². The minimum atomic E-state index is -1.10. The van der Waals surface area contributed by atoms with Crippen LogP contribution in [0, 0.1) is 0 Å². The Morgan fingerprint density at radius 2 is 1.76 bits per heavy atom. The number of hydrogen-bond donors (Lipinski definition) is 3. The van der Waals surface area contributed by atoms with E-state index >= 15 is 0 Å². The van der Waals surface area contributed by atoms with Gasteiger partial charge in [0.2, 0.25) is 0 Å². The molecule has 0 fully saturated rings. The number of carbonyl (C=O) groups excluding carboxylic acids is 1. The lowest BCUT2D eigenvalue weighted by atomic mass is 10.1. The number of rotatable bonds is 4. The highest BCUT2D eigenvalue weighted by molar-refractivity contribution is 6.00. The Hall–Kier alpha value is -2.89. The maximum absolute atomic E-state index is 11.8. The van der Waals surface area contributed by atoms with E-state index in [0.29, 0.717) is 11.4 Å². The van der Waals surface area contributed by atoms with Crippen molar-refractivity contribution in [3.05, 3.63) is 53.9 Å². The zero-order valence-electron chi connectivity index (χ0n) is 11.5. The fraction of sp³-hybridized carbons (Fsp3) is 0.133. The van der Waals surface area contributed by atoms with Gasteiger partial charge in [-0.3, -0.25) is 4.98 Å². The Morgan fingerprint density at radius 1 is 1.10 bits per heavy atom. The molecule has 6 nitrogen and oxygen atoms in total. The smallest absolute Gasteiger partial charge is 0.337 e. The normalized spacial score (nSPS) is 9.95. The number of nitrogens with one attached hydrogen (secondary N) is 2. The van der Waals surface area contributed by atoms with Crippen molar-refractivity contribution in [3.8, 4) is 0 Å². The Morgan fingerprint density at radius 3 is 2.38 bits per heavy atom. The van der Waals surface area contributed by atoms with E-state index in [4.69, 9.17) is 5.11 Å². The van der Waals surface area contributed by atoms with Crippen LogP contribution in [0.3, 0.4) is 0 Å². The molecule has 0 aliphatic heterocycles. The van der Waals surface area contributed by atoms with Crippen LogP contribution in [0.15, 0.2) is 42.7 Å². The first-order chi connectivity index (χ1) is 10.1. The minimum Gasteiger partial charge on any atom is -0.478 e. The number of anilines is 2. The summed E-state index contributed by atoms with van der Waals surface area (Å²) >= 11 is 0. The Kier molecular flexibility index (Phi) is 4.50. The second-order valence-corrected chi connectivity index (χ2v) is 4.40. The van der Waals surface area contributed by atoms with Crippen molar-refractivity contribution in [2.24, 2.45) is 0 Å². The predicted octanol–water partition coefficient (Wildman–Crippen LogP) is 2.99. The summed E-state index contributed by atoms with van der Waals surface area (Å²) in [7, 11) is 0. The fourth-order valence-electron chi connectivity index (χ4n) is 1.74. The summed E-state index contributed by atoms with van der Waals surface area (Å²) < 4.78 is 0. The molecule has 0 unspecified atom stereocenters. The van der Waals surface area contributed by atoms with Crippen molar-refractivity contribution in [3.63, 3.8) is 0 Å². The molecular formula is C15H15N3O3. The van der Waals surface area contributed by atoms with Gasteiger partial charge in [-0.05, 0) is 30.2 Å². The van der Waals surface area contributed by atoms with Crippen LogP contribution in [-0.4, -0.2) is 22.1 Å². The molecule has 2 aromatic rings. The Bertz CT molecular complexity index is 653. The van der Waals surface area contributed by atoms with Crippen molar-refractivity contribution in [1.82, 2.24) is 4.98 Å². The van der Waals surface area contributed by atoms with Gasteiger partial charge in [0.15, 0.2) is 0 Å². The molecule has 2 rings (SSSR count). The SMILES string of the molecule is CCc1ccc(NC(=O)Nc2cncc(C(=O)O)c2)cc1. The second kappa shape index (κ2) is 6.51. The molecular weight excluding hydrogens is 270 g/mol. The summed E-state index contributed by atoms with van der Waals surface area (Å²) in [5.74, 6) is -1.10. The van der Waals surface area contributed by atoms with Crippen LogP contribution >= 0.6 is 0 Å². The summed E-state index contributed by atoms with van der Waals surface area (Å²) in [6, 6.07) is 8.37. The van der Waals surface area contributed by atoms with E-state index in [0.717, 1.165) is 6.42 Å². The highest BCUT2D eigenvalue weighted by atomic mass is 16.4. The summed E-state index contributed by atoms with van der Waals surface area (Å²) in [6.45, 7) is 2.05. The number of nitrogens with zero attached hydrogens (tertiary/aromatic N) is 1. The number of carbonyl (C=O) groups is 2. The molecule has 0 saturated carbocycles. The Labute approximate surface area is 121 Å². The van der Waals surface area contributed by atoms with Crippen molar-refractivity contribution in [2.45, 2.75) is 13.3 Å². The van der Waals surface area contributed by atoms with Gasteiger partial charge in [-0.1, -0.05) is 19.1 Å². The third-order valence-electron chi connectivity index (χ3n) is 2.86. The summed E-state index contributed by atoms with van der Waals surface area (Å²) in [6.07, 6.45) is 3.53. The third-order valence-corrected chi connectivity index (χ3v) is 2.86. The van der Waals surface area contributed by atoms with Crippen LogP contribution in [0.5, 0.6) is 0 Å². The molecule has 0 saturated heterocycles. The van der Waals surface area contributed by atoms with Crippen molar-refractivity contribution >= 4 is 23.4 Å². The van der Waals surface area contributed by atoms with Gasteiger partial charge in [0.05, 0.1) is 17.4 Å². The quantitative estimate of drug-likeness (QED) is 0.805. The average Bonchev–Trinajstić information content (AvgIpc) is 2.48. The van der Waals surface area contributed by atoms with Gasteiger partial charge in [0.1, 0.15) is 0 Å². The van der Waals surface area contributed by atoms with Crippen LogP contribution < -0.4 is 10.6 Å². The van der Waals surface area contributed by atoms with Gasteiger partial charge in [-0.25, -0.2) is 9.59 Å². The summed E-state index contributed by atoms with van der Waals surface area (Å²) in [5, 5.41) is 14.1. The predicted molar refractivity (Wildman–Crippen MR) is 79.7 cm³/mol. The van der Waals surface area contributed by atoms with Crippen molar-refractivity contribution in [2.75, 3.05) is 10.6 Å². The third kappa shape index (κ3) is 4.04. The molecule has 1 heterocycles. The van der Waals surface area contributed by atoms with Crippen LogP contribution in [0.2, 0.25) is 0 Å². The molecule has 0 bridgehead atoms. The van der Waals surface area contributed by atoms with Gasteiger partial charge in [0, 0.05) is 11.9 Å².